The molecule has 1 atom stereocenters. The Morgan fingerprint density at radius 3 is 1.73 bits per heavy atom. The highest BCUT2D eigenvalue weighted by atomic mass is 14.2. The summed E-state index contributed by atoms with van der Waals surface area (Å²) in [6.45, 7) is 16.5. The van der Waals surface area contributed by atoms with Crippen molar-refractivity contribution in [1.29, 1.82) is 0 Å². The minimum Gasteiger partial charge on any atom is -0.0620 e. The van der Waals surface area contributed by atoms with Gasteiger partial charge in [0.2, 0.25) is 0 Å². The third-order valence-corrected chi connectivity index (χ3v) is 3.54. The molecular weight excluding hydrogens is 180 g/mol. The standard InChI is InChI=1S/C15H32/c1-13(15(5,6)7)11-9-8-10-12-14(2,3)4/h13H,8-12H2,1-7H3. The topological polar surface area (TPSA) is 0 Å². The van der Waals surface area contributed by atoms with E-state index in [0.29, 0.717) is 10.8 Å². The fourth-order valence-electron chi connectivity index (χ4n) is 1.72. The van der Waals surface area contributed by atoms with E-state index in [4.69, 9.17) is 0 Å². The number of hydrogen-bond donors (Lipinski definition) is 0. The molecule has 0 aliphatic carbocycles. The van der Waals surface area contributed by atoms with E-state index in [-0.39, 0.29) is 0 Å². The first-order chi connectivity index (χ1) is 6.63. The molecular formula is C15H32. The van der Waals surface area contributed by atoms with Crippen molar-refractivity contribution in [2.45, 2.75) is 80.6 Å². The summed E-state index contributed by atoms with van der Waals surface area (Å²) < 4.78 is 0. The van der Waals surface area contributed by atoms with Gasteiger partial charge in [-0.2, -0.15) is 0 Å². The molecule has 0 aliphatic heterocycles. The highest BCUT2D eigenvalue weighted by molar-refractivity contribution is 4.70. The number of unbranched alkanes of at least 4 members (excludes halogenated alkanes) is 2. The van der Waals surface area contributed by atoms with Gasteiger partial charge in [-0.1, -0.05) is 74.1 Å². The first-order valence-electron chi connectivity index (χ1n) is 6.63. The zero-order valence-corrected chi connectivity index (χ0v) is 12.1. The van der Waals surface area contributed by atoms with Gasteiger partial charge < -0.3 is 0 Å². The third-order valence-electron chi connectivity index (χ3n) is 3.54. The van der Waals surface area contributed by atoms with E-state index in [1.54, 1.807) is 0 Å². The maximum absolute atomic E-state index is 2.39. The Bertz CT molecular complexity index is 154. The van der Waals surface area contributed by atoms with Crippen molar-refractivity contribution in [1.82, 2.24) is 0 Å². The second kappa shape index (κ2) is 5.92. The van der Waals surface area contributed by atoms with Gasteiger partial charge in [-0.25, -0.2) is 0 Å². The van der Waals surface area contributed by atoms with Gasteiger partial charge in [0, 0.05) is 0 Å². The quantitative estimate of drug-likeness (QED) is 0.515. The molecule has 0 bridgehead atoms. The van der Waals surface area contributed by atoms with Crippen molar-refractivity contribution in [3.63, 3.8) is 0 Å². The highest BCUT2D eigenvalue weighted by Gasteiger charge is 2.19. The molecule has 0 fully saturated rings. The van der Waals surface area contributed by atoms with Crippen LogP contribution in [0.5, 0.6) is 0 Å². The van der Waals surface area contributed by atoms with Crippen LogP contribution in [-0.4, -0.2) is 0 Å². The molecule has 0 heterocycles. The van der Waals surface area contributed by atoms with Crippen molar-refractivity contribution < 1.29 is 0 Å². The van der Waals surface area contributed by atoms with E-state index in [1.165, 1.54) is 32.1 Å². The maximum Gasteiger partial charge on any atom is -0.0357 e. The summed E-state index contributed by atoms with van der Waals surface area (Å²) in [5, 5.41) is 0. The summed E-state index contributed by atoms with van der Waals surface area (Å²) in [6, 6.07) is 0. The first-order valence-corrected chi connectivity index (χ1v) is 6.63. The summed E-state index contributed by atoms with van der Waals surface area (Å²) in [4.78, 5) is 0. The summed E-state index contributed by atoms with van der Waals surface area (Å²) in [5.74, 6) is 0.854. The lowest BCUT2D eigenvalue weighted by molar-refractivity contribution is 0.238. The van der Waals surface area contributed by atoms with E-state index in [9.17, 15) is 0 Å². The molecule has 0 rings (SSSR count). The van der Waals surface area contributed by atoms with Gasteiger partial charge in [0.15, 0.2) is 0 Å². The molecule has 15 heavy (non-hydrogen) atoms. The Hall–Kier alpha value is 0. The van der Waals surface area contributed by atoms with Crippen LogP contribution in [0.4, 0.5) is 0 Å². The van der Waals surface area contributed by atoms with Crippen LogP contribution >= 0.6 is 0 Å². The van der Waals surface area contributed by atoms with E-state index in [0.717, 1.165) is 5.92 Å². The monoisotopic (exact) mass is 212 g/mol. The molecule has 0 aliphatic rings. The van der Waals surface area contributed by atoms with Gasteiger partial charge >= 0.3 is 0 Å². The third kappa shape index (κ3) is 8.96. The molecule has 0 aromatic carbocycles. The van der Waals surface area contributed by atoms with Crippen LogP contribution in [0.15, 0.2) is 0 Å². The molecule has 0 nitrogen and oxygen atoms in total. The van der Waals surface area contributed by atoms with E-state index in [1.807, 2.05) is 0 Å². The fourth-order valence-corrected chi connectivity index (χ4v) is 1.72. The average Bonchev–Trinajstić information content (AvgIpc) is 1.99. The van der Waals surface area contributed by atoms with Crippen LogP contribution in [0.2, 0.25) is 0 Å². The Morgan fingerprint density at radius 1 is 0.800 bits per heavy atom. The van der Waals surface area contributed by atoms with Crippen LogP contribution < -0.4 is 0 Å². The predicted molar refractivity (Wildman–Crippen MR) is 71.2 cm³/mol. The van der Waals surface area contributed by atoms with Crippen molar-refractivity contribution in [2.75, 3.05) is 0 Å². The lowest BCUT2D eigenvalue weighted by Gasteiger charge is -2.27. The van der Waals surface area contributed by atoms with Crippen molar-refractivity contribution in [3.8, 4) is 0 Å². The van der Waals surface area contributed by atoms with Crippen molar-refractivity contribution in [3.05, 3.63) is 0 Å². The van der Waals surface area contributed by atoms with Crippen molar-refractivity contribution in [2.24, 2.45) is 16.7 Å². The summed E-state index contributed by atoms with van der Waals surface area (Å²) in [7, 11) is 0. The minimum atomic E-state index is 0.490. The lowest BCUT2D eigenvalue weighted by atomic mass is 9.79. The van der Waals surface area contributed by atoms with Gasteiger partial charge in [0.25, 0.3) is 0 Å². The van der Waals surface area contributed by atoms with Gasteiger partial charge in [0.05, 0.1) is 0 Å². The predicted octanol–water partition coefficient (Wildman–Crippen LogP) is 5.67. The summed E-state index contributed by atoms with van der Waals surface area (Å²) in [6.07, 6.45) is 7.00. The normalized spacial score (nSPS) is 15.4. The Kier molecular flexibility index (Phi) is 5.92. The molecule has 0 aromatic heterocycles. The molecule has 92 valence electrons. The zero-order chi connectivity index (χ0) is 12.1. The number of rotatable bonds is 5. The Balaban J connectivity index is 3.48. The Labute approximate surface area is 97.8 Å². The van der Waals surface area contributed by atoms with E-state index in [2.05, 4.69) is 48.5 Å². The van der Waals surface area contributed by atoms with Crippen LogP contribution in [0.1, 0.15) is 80.6 Å². The smallest absolute Gasteiger partial charge is 0.0357 e. The zero-order valence-electron chi connectivity index (χ0n) is 12.1. The fraction of sp³-hybridized carbons (Fsp3) is 1.00. The van der Waals surface area contributed by atoms with Gasteiger partial charge in [0.1, 0.15) is 0 Å². The molecule has 0 heteroatoms. The molecule has 0 radical (unpaired) electrons. The second-order valence-electron chi connectivity index (χ2n) is 7.43. The van der Waals surface area contributed by atoms with Crippen LogP contribution in [0.25, 0.3) is 0 Å². The molecule has 1 unspecified atom stereocenters. The summed E-state index contributed by atoms with van der Waals surface area (Å²) >= 11 is 0. The molecule has 0 aromatic rings. The molecule has 0 saturated heterocycles. The van der Waals surface area contributed by atoms with Crippen molar-refractivity contribution >= 4 is 0 Å². The SMILES string of the molecule is CC(CCCCCC(C)(C)C)C(C)(C)C. The van der Waals surface area contributed by atoms with Crippen LogP contribution in [0.3, 0.4) is 0 Å². The minimum absolute atomic E-state index is 0.490. The van der Waals surface area contributed by atoms with Gasteiger partial charge in [-0.3, -0.25) is 0 Å². The Morgan fingerprint density at radius 2 is 1.33 bits per heavy atom. The average molecular weight is 212 g/mol. The van der Waals surface area contributed by atoms with Gasteiger partial charge in [-0.15, -0.1) is 0 Å². The highest BCUT2D eigenvalue weighted by Crippen LogP contribution is 2.30. The molecule has 0 amide bonds. The lowest BCUT2D eigenvalue weighted by Crippen LogP contribution is -2.17. The first kappa shape index (κ1) is 15.0. The maximum atomic E-state index is 2.39. The second-order valence-corrected chi connectivity index (χ2v) is 7.43. The largest absolute Gasteiger partial charge is 0.0620 e. The van der Waals surface area contributed by atoms with Crippen LogP contribution in [-0.2, 0) is 0 Å². The molecule has 0 spiro atoms. The number of hydrogen-bond acceptors (Lipinski definition) is 0. The molecule has 0 saturated carbocycles. The van der Waals surface area contributed by atoms with Crippen LogP contribution in [0, 0.1) is 16.7 Å². The van der Waals surface area contributed by atoms with Gasteiger partial charge in [-0.05, 0) is 23.2 Å². The van der Waals surface area contributed by atoms with E-state index < -0.39 is 0 Å². The molecule has 0 N–H and O–H groups in total. The van der Waals surface area contributed by atoms with E-state index >= 15 is 0 Å². The summed E-state index contributed by atoms with van der Waals surface area (Å²) in [5.41, 5.74) is 1.01.